The van der Waals surface area contributed by atoms with Gasteiger partial charge in [-0.3, -0.25) is 4.79 Å². The van der Waals surface area contributed by atoms with E-state index in [-0.39, 0.29) is 23.6 Å². The number of hydrogen-bond acceptors (Lipinski definition) is 3. The van der Waals surface area contributed by atoms with Crippen molar-refractivity contribution in [2.24, 2.45) is 5.73 Å². The Balaban J connectivity index is 2.68. The van der Waals surface area contributed by atoms with Gasteiger partial charge in [0.1, 0.15) is 11.5 Å². The fourth-order valence-corrected chi connectivity index (χ4v) is 1.40. The second kappa shape index (κ2) is 4.93. The summed E-state index contributed by atoms with van der Waals surface area (Å²) in [6, 6.07) is 3.56. The monoisotopic (exact) mass is 226 g/mol. The molecular formula is C10H14N2O2S. The molecule has 4 nitrogen and oxygen atoms in total. The van der Waals surface area contributed by atoms with E-state index in [1.807, 2.05) is 13.8 Å². The van der Waals surface area contributed by atoms with Crippen molar-refractivity contribution in [2.75, 3.05) is 0 Å². The van der Waals surface area contributed by atoms with Gasteiger partial charge in [0.05, 0.1) is 11.8 Å². The van der Waals surface area contributed by atoms with Crippen molar-refractivity contribution in [3.8, 4) is 0 Å². The summed E-state index contributed by atoms with van der Waals surface area (Å²) in [5, 5.41) is 0. The van der Waals surface area contributed by atoms with Gasteiger partial charge in [-0.25, -0.2) is 0 Å². The van der Waals surface area contributed by atoms with Crippen LogP contribution in [0.3, 0.4) is 0 Å². The van der Waals surface area contributed by atoms with Gasteiger partial charge in [0.2, 0.25) is 0 Å². The van der Waals surface area contributed by atoms with Crippen molar-refractivity contribution in [3.63, 3.8) is 0 Å². The van der Waals surface area contributed by atoms with Crippen LogP contribution in [-0.4, -0.2) is 21.6 Å². The van der Waals surface area contributed by atoms with Gasteiger partial charge in [0, 0.05) is 6.20 Å². The quantitative estimate of drug-likeness (QED) is 0.616. The number of thiocarbonyl (C=S) groups is 1. The molecule has 82 valence electrons. The Morgan fingerprint density at radius 2 is 2.33 bits per heavy atom. The summed E-state index contributed by atoms with van der Waals surface area (Å²) in [4.78, 5) is 11.6. The topological polar surface area (TPSA) is 57.2 Å². The summed E-state index contributed by atoms with van der Waals surface area (Å²) >= 11 is 4.85. The molecule has 0 spiro atoms. The van der Waals surface area contributed by atoms with Crippen LogP contribution in [0, 0.1) is 0 Å². The first-order valence-electron chi connectivity index (χ1n) is 4.65. The van der Waals surface area contributed by atoms with Crippen molar-refractivity contribution in [1.29, 1.82) is 0 Å². The number of esters is 1. The minimum atomic E-state index is -0.293. The van der Waals surface area contributed by atoms with Crippen LogP contribution < -0.4 is 5.73 Å². The minimum absolute atomic E-state index is 0.110. The second-order valence-electron chi connectivity index (χ2n) is 3.42. The van der Waals surface area contributed by atoms with Crippen molar-refractivity contribution < 1.29 is 9.53 Å². The summed E-state index contributed by atoms with van der Waals surface area (Å²) in [6.07, 6.45) is 1.64. The van der Waals surface area contributed by atoms with Crippen molar-refractivity contribution in [2.45, 2.75) is 26.5 Å². The third kappa shape index (κ3) is 3.36. The van der Waals surface area contributed by atoms with E-state index in [9.17, 15) is 4.79 Å². The van der Waals surface area contributed by atoms with E-state index in [1.54, 1.807) is 22.9 Å². The molecular weight excluding hydrogens is 212 g/mol. The highest BCUT2D eigenvalue weighted by molar-refractivity contribution is 7.80. The summed E-state index contributed by atoms with van der Waals surface area (Å²) in [5.74, 6) is -0.293. The van der Waals surface area contributed by atoms with Gasteiger partial charge >= 0.3 is 5.97 Å². The molecule has 0 saturated heterocycles. The third-order valence-electron chi connectivity index (χ3n) is 1.75. The lowest BCUT2D eigenvalue weighted by molar-refractivity contribution is -0.148. The lowest BCUT2D eigenvalue weighted by atomic mass is 10.4. The molecule has 1 aromatic rings. The molecule has 2 N–H and O–H groups in total. The molecule has 0 amide bonds. The smallest absolute Gasteiger partial charge is 0.326 e. The minimum Gasteiger partial charge on any atom is -0.462 e. The van der Waals surface area contributed by atoms with Crippen LogP contribution in [0.25, 0.3) is 0 Å². The van der Waals surface area contributed by atoms with Crippen LogP contribution in [0.4, 0.5) is 0 Å². The zero-order valence-corrected chi connectivity index (χ0v) is 9.58. The van der Waals surface area contributed by atoms with E-state index in [2.05, 4.69) is 0 Å². The molecule has 0 aliphatic carbocycles. The van der Waals surface area contributed by atoms with Gasteiger partial charge in [-0.2, -0.15) is 0 Å². The largest absolute Gasteiger partial charge is 0.462 e. The number of aromatic nitrogens is 1. The Bertz CT molecular complexity index is 371. The Labute approximate surface area is 94.0 Å². The van der Waals surface area contributed by atoms with Crippen LogP contribution >= 0.6 is 12.2 Å². The molecule has 0 saturated carbocycles. The molecule has 1 heterocycles. The highest BCUT2D eigenvalue weighted by Crippen LogP contribution is 2.03. The molecule has 0 radical (unpaired) electrons. The first-order chi connectivity index (χ1) is 7.00. The zero-order valence-electron chi connectivity index (χ0n) is 8.77. The maximum atomic E-state index is 11.4. The van der Waals surface area contributed by atoms with Crippen LogP contribution in [0.1, 0.15) is 19.5 Å². The molecule has 5 heteroatoms. The average Bonchev–Trinajstić information content (AvgIpc) is 2.50. The first kappa shape index (κ1) is 11.7. The maximum absolute atomic E-state index is 11.4. The molecule has 0 atom stereocenters. The fraction of sp³-hybridized carbons (Fsp3) is 0.400. The predicted octanol–water partition coefficient (Wildman–Crippen LogP) is 1.07. The molecule has 15 heavy (non-hydrogen) atoms. The molecule has 0 aliphatic rings. The summed E-state index contributed by atoms with van der Waals surface area (Å²) in [5.41, 5.74) is 6.17. The third-order valence-corrected chi connectivity index (χ3v) is 1.96. The van der Waals surface area contributed by atoms with Crippen LogP contribution in [0.2, 0.25) is 0 Å². The van der Waals surface area contributed by atoms with Crippen LogP contribution in [0.5, 0.6) is 0 Å². The summed E-state index contributed by atoms with van der Waals surface area (Å²) in [7, 11) is 0. The number of rotatable bonds is 4. The van der Waals surface area contributed by atoms with E-state index in [0.29, 0.717) is 5.69 Å². The normalized spacial score (nSPS) is 10.3. The number of ether oxygens (including phenoxy) is 1. The lowest BCUT2D eigenvalue weighted by Crippen LogP contribution is -2.21. The van der Waals surface area contributed by atoms with Crippen LogP contribution in [-0.2, 0) is 16.1 Å². The molecule has 0 unspecified atom stereocenters. The number of carbonyl (C=O) groups excluding carboxylic acids is 1. The van der Waals surface area contributed by atoms with Gasteiger partial charge < -0.3 is 15.0 Å². The molecule has 0 aliphatic heterocycles. The number of nitrogens with zero attached hydrogens (tertiary/aromatic N) is 1. The van der Waals surface area contributed by atoms with Gasteiger partial charge in [-0.1, -0.05) is 12.2 Å². The predicted molar refractivity (Wildman–Crippen MR) is 61.5 cm³/mol. The average molecular weight is 226 g/mol. The molecule has 0 bridgehead atoms. The van der Waals surface area contributed by atoms with Crippen molar-refractivity contribution >= 4 is 23.2 Å². The van der Waals surface area contributed by atoms with E-state index >= 15 is 0 Å². The molecule has 0 fully saturated rings. The van der Waals surface area contributed by atoms with Gasteiger partial charge in [0.15, 0.2) is 0 Å². The lowest BCUT2D eigenvalue weighted by Gasteiger charge is -2.10. The standard InChI is InChI=1S/C10H14N2O2S/c1-7(2)14-9(13)6-12-5-3-4-8(12)10(11)15/h3-5,7H,6H2,1-2H3,(H2,11,15). The van der Waals surface area contributed by atoms with Gasteiger partial charge in [0.25, 0.3) is 0 Å². The first-order valence-corrected chi connectivity index (χ1v) is 5.06. The van der Waals surface area contributed by atoms with Gasteiger partial charge in [-0.15, -0.1) is 0 Å². The Hall–Kier alpha value is -1.36. The molecule has 0 aromatic carbocycles. The Morgan fingerprint density at radius 1 is 1.67 bits per heavy atom. The summed E-state index contributed by atoms with van der Waals surface area (Å²) in [6.45, 7) is 3.75. The highest BCUT2D eigenvalue weighted by atomic mass is 32.1. The fourth-order valence-electron chi connectivity index (χ4n) is 1.21. The van der Waals surface area contributed by atoms with Crippen molar-refractivity contribution in [1.82, 2.24) is 4.57 Å². The van der Waals surface area contributed by atoms with Crippen molar-refractivity contribution in [3.05, 3.63) is 24.0 Å². The van der Waals surface area contributed by atoms with Gasteiger partial charge in [-0.05, 0) is 26.0 Å². The highest BCUT2D eigenvalue weighted by Gasteiger charge is 2.10. The maximum Gasteiger partial charge on any atom is 0.326 e. The number of hydrogen-bond donors (Lipinski definition) is 1. The van der Waals surface area contributed by atoms with E-state index in [4.69, 9.17) is 22.7 Å². The van der Waals surface area contributed by atoms with E-state index in [1.165, 1.54) is 0 Å². The Kier molecular flexibility index (Phi) is 3.85. The van der Waals surface area contributed by atoms with Crippen LogP contribution in [0.15, 0.2) is 18.3 Å². The molecule has 1 rings (SSSR count). The SMILES string of the molecule is CC(C)OC(=O)Cn1cccc1C(N)=S. The van der Waals surface area contributed by atoms with E-state index in [0.717, 1.165) is 0 Å². The second-order valence-corrected chi connectivity index (χ2v) is 3.86. The summed E-state index contributed by atoms with van der Waals surface area (Å²) < 4.78 is 6.69. The molecule has 1 aromatic heterocycles. The zero-order chi connectivity index (χ0) is 11.4. The van der Waals surface area contributed by atoms with E-state index < -0.39 is 0 Å². The number of nitrogens with two attached hydrogens (primary N) is 1. The number of carbonyl (C=O) groups is 1. The Morgan fingerprint density at radius 3 is 2.87 bits per heavy atom.